The zero-order chi connectivity index (χ0) is 15.0. The molecule has 0 atom stereocenters. The van der Waals surface area contributed by atoms with Gasteiger partial charge in [-0.1, -0.05) is 6.07 Å². The van der Waals surface area contributed by atoms with Crippen LogP contribution >= 0.6 is 12.0 Å². The molecule has 0 saturated heterocycles. The maximum Gasteiger partial charge on any atom is 0.143 e. The molecule has 1 N–H and O–H groups in total. The highest BCUT2D eigenvalue weighted by atomic mass is 32.2. The monoisotopic (exact) mass is 305 g/mol. The molecule has 0 saturated carbocycles. The number of hydrogen-bond donors (Lipinski definition) is 1. The highest BCUT2D eigenvalue weighted by Crippen LogP contribution is 2.32. The number of nitrogens with one attached hydrogen (secondary N) is 1. The Kier molecular flexibility index (Phi) is 3.59. The Morgan fingerprint density at radius 2 is 1.76 bits per heavy atom. The van der Waals surface area contributed by atoms with Gasteiger partial charge in [-0.05, 0) is 49.2 Å². The minimum atomic E-state index is -0.629. The van der Waals surface area contributed by atoms with Gasteiger partial charge in [-0.2, -0.15) is 0 Å². The van der Waals surface area contributed by atoms with E-state index in [2.05, 4.69) is 4.98 Å². The summed E-state index contributed by atoms with van der Waals surface area (Å²) in [5.74, 6) is -0.693. The fraction of sp³-hybridized carbons (Fsp3) is 0.125. The van der Waals surface area contributed by atoms with Gasteiger partial charge in [0.25, 0.3) is 0 Å². The zero-order valence-electron chi connectivity index (χ0n) is 11.5. The molecule has 3 rings (SSSR count). The number of halogens is 2. The lowest BCUT2D eigenvalue weighted by molar-refractivity contribution is 0.531. The van der Waals surface area contributed by atoms with E-state index in [1.807, 2.05) is 32.2 Å². The average Bonchev–Trinajstić information content (AvgIpc) is 2.81. The summed E-state index contributed by atoms with van der Waals surface area (Å²) in [4.78, 5) is 3.06. The molecule has 2 aromatic carbocycles. The van der Waals surface area contributed by atoms with E-state index in [0.29, 0.717) is 17.8 Å². The molecule has 0 fully saturated rings. The third-order valence-electron chi connectivity index (χ3n) is 3.31. The molecule has 0 aliphatic heterocycles. The molecule has 0 spiro atoms. The lowest BCUT2D eigenvalue weighted by Gasteiger charge is -2.07. The van der Waals surface area contributed by atoms with Gasteiger partial charge in [0, 0.05) is 17.1 Å². The Morgan fingerprint density at radius 3 is 2.48 bits per heavy atom. The van der Waals surface area contributed by atoms with Crippen LogP contribution in [0.5, 0.6) is 5.75 Å². The molecule has 0 bridgehead atoms. The number of benzene rings is 2. The van der Waals surface area contributed by atoms with E-state index in [1.165, 1.54) is 18.2 Å². The Labute approximate surface area is 125 Å². The molecular formula is C16H13F2NOS. The van der Waals surface area contributed by atoms with Crippen LogP contribution in [0.4, 0.5) is 8.78 Å². The fourth-order valence-corrected chi connectivity index (χ4v) is 2.79. The summed E-state index contributed by atoms with van der Waals surface area (Å²) in [6, 6.07) is 7.44. The van der Waals surface area contributed by atoms with Crippen LogP contribution in [0.2, 0.25) is 0 Å². The largest absolute Gasteiger partial charge is 0.420 e. The minimum absolute atomic E-state index is 0.138. The molecule has 21 heavy (non-hydrogen) atoms. The van der Waals surface area contributed by atoms with Crippen LogP contribution < -0.4 is 4.18 Å². The third-order valence-corrected chi connectivity index (χ3v) is 4.14. The van der Waals surface area contributed by atoms with Gasteiger partial charge in [-0.15, -0.1) is 0 Å². The lowest BCUT2D eigenvalue weighted by atomic mass is 10.1. The van der Waals surface area contributed by atoms with Crippen molar-refractivity contribution in [2.24, 2.45) is 0 Å². The first-order valence-electron chi connectivity index (χ1n) is 6.43. The molecule has 0 radical (unpaired) electrons. The van der Waals surface area contributed by atoms with E-state index in [-0.39, 0.29) is 4.90 Å². The summed E-state index contributed by atoms with van der Waals surface area (Å²) in [7, 11) is 0. The van der Waals surface area contributed by atoms with Crippen molar-refractivity contribution in [3.63, 3.8) is 0 Å². The number of hydrogen-bond acceptors (Lipinski definition) is 2. The fourth-order valence-electron chi connectivity index (χ4n) is 2.21. The molecule has 2 nitrogen and oxygen atoms in total. The summed E-state index contributed by atoms with van der Waals surface area (Å²) in [6.45, 7) is 3.95. The second kappa shape index (κ2) is 5.41. The maximum atomic E-state index is 13.6. The van der Waals surface area contributed by atoms with E-state index in [4.69, 9.17) is 4.18 Å². The van der Waals surface area contributed by atoms with Crippen molar-refractivity contribution in [2.75, 3.05) is 0 Å². The number of H-pyrrole nitrogens is 1. The van der Waals surface area contributed by atoms with Crippen molar-refractivity contribution in [3.05, 3.63) is 59.3 Å². The molecular weight excluding hydrogens is 292 g/mol. The van der Waals surface area contributed by atoms with Crippen LogP contribution in [0.3, 0.4) is 0 Å². The Morgan fingerprint density at radius 1 is 1.05 bits per heavy atom. The second-order valence-corrected chi connectivity index (χ2v) is 5.59. The summed E-state index contributed by atoms with van der Waals surface area (Å²) in [5.41, 5.74) is 3.16. The molecule has 1 aromatic heterocycles. The first-order chi connectivity index (χ1) is 10.1. The highest BCUT2D eigenvalue weighted by Gasteiger charge is 2.12. The SMILES string of the molecule is Cc1c[nH]c2c(C)cc(OSc3c(F)cccc3F)cc12. The van der Waals surface area contributed by atoms with Crippen molar-refractivity contribution < 1.29 is 13.0 Å². The molecule has 108 valence electrons. The Hall–Kier alpha value is -2.01. The number of rotatable bonds is 3. The van der Waals surface area contributed by atoms with E-state index < -0.39 is 11.6 Å². The van der Waals surface area contributed by atoms with Gasteiger partial charge in [0.1, 0.15) is 22.3 Å². The molecule has 0 amide bonds. The van der Waals surface area contributed by atoms with Gasteiger partial charge in [0.05, 0.1) is 12.0 Å². The highest BCUT2D eigenvalue weighted by molar-refractivity contribution is 7.95. The van der Waals surface area contributed by atoms with Gasteiger partial charge in [0.15, 0.2) is 0 Å². The topological polar surface area (TPSA) is 25.0 Å². The first-order valence-corrected chi connectivity index (χ1v) is 7.17. The predicted molar refractivity (Wildman–Crippen MR) is 80.6 cm³/mol. The van der Waals surface area contributed by atoms with Gasteiger partial charge in [-0.3, -0.25) is 0 Å². The van der Waals surface area contributed by atoms with Gasteiger partial charge < -0.3 is 9.17 Å². The van der Waals surface area contributed by atoms with Gasteiger partial charge in [-0.25, -0.2) is 8.78 Å². The standard InChI is InChI=1S/C16H13F2NOS/c1-9-6-11(7-12-10(2)8-19-15(9)12)20-21-16-13(17)4-3-5-14(16)18/h3-8,19H,1-2H3. The molecule has 0 aliphatic carbocycles. The zero-order valence-corrected chi connectivity index (χ0v) is 12.4. The van der Waals surface area contributed by atoms with Crippen LogP contribution in [0.15, 0.2) is 41.4 Å². The van der Waals surface area contributed by atoms with Crippen LogP contribution in [0, 0.1) is 25.5 Å². The van der Waals surface area contributed by atoms with Gasteiger partial charge in [0.2, 0.25) is 0 Å². The van der Waals surface area contributed by atoms with Crippen molar-refractivity contribution >= 4 is 22.9 Å². The van der Waals surface area contributed by atoms with E-state index in [0.717, 1.165) is 22.0 Å². The molecule has 3 aromatic rings. The Balaban J connectivity index is 1.90. The summed E-state index contributed by atoms with van der Waals surface area (Å²) in [5, 5.41) is 1.04. The number of aromatic nitrogens is 1. The molecule has 0 aliphatic rings. The average molecular weight is 305 g/mol. The van der Waals surface area contributed by atoms with Crippen molar-refractivity contribution in [1.29, 1.82) is 0 Å². The third kappa shape index (κ3) is 2.61. The Bertz CT molecular complexity index is 793. The maximum absolute atomic E-state index is 13.6. The quantitative estimate of drug-likeness (QED) is 0.677. The number of fused-ring (bicyclic) bond motifs is 1. The van der Waals surface area contributed by atoms with Crippen molar-refractivity contribution in [2.45, 2.75) is 18.7 Å². The first kappa shape index (κ1) is 13.9. The number of aryl methyl sites for hydroxylation is 2. The van der Waals surface area contributed by atoms with Crippen LogP contribution in [0.1, 0.15) is 11.1 Å². The predicted octanol–water partition coefficient (Wildman–Crippen LogP) is 5.15. The second-order valence-electron chi connectivity index (χ2n) is 4.85. The number of aromatic amines is 1. The summed E-state index contributed by atoms with van der Waals surface area (Å²) < 4.78 is 32.6. The minimum Gasteiger partial charge on any atom is -0.420 e. The normalized spacial score (nSPS) is 11.0. The summed E-state index contributed by atoms with van der Waals surface area (Å²) >= 11 is 0.692. The van der Waals surface area contributed by atoms with E-state index in [9.17, 15) is 8.78 Å². The van der Waals surface area contributed by atoms with E-state index in [1.54, 1.807) is 0 Å². The molecule has 0 unspecified atom stereocenters. The van der Waals surface area contributed by atoms with Crippen LogP contribution in [0.25, 0.3) is 10.9 Å². The van der Waals surface area contributed by atoms with Crippen molar-refractivity contribution in [1.82, 2.24) is 4.98 Å². The smallest absolute Gasteiger partial charge is 0.143 e. The van der Waals surface area contributed by atoms with Gasteiger partial charge >= 0.3 is 0 Å². The van der Waals surface area contributed by atoms with Crippen LogP contribution in [-0.2, 0) is 0 Å². The van der Waals surface area contributed by atoms with Crippen molar-refractivity contribution in [3.8, 4) is 5.75 Å². The molecule has 1 heterocycles. The van der Waals surface area contributed by atoms with Crippen LogP contribution in [-0.4, -0.2) is 4.98 Å². The van der Waals surface area contributed by atoms with E-state index >= 15 is 0 Å². The summed E-state index contributed by atoms with van der Waals surface area (Å²) in [6.07, 6.45) is 1.92. The molecule has 5 heteroatoms. The lowest BCUT2D eigenvalue weighted by Crippen LogP contribution is -1.91.